The Hall–Kier alpha value is -2.22. The number of hydrogen-bond acceptors (Lipinski definition) is 7. The molecule has 6 nitrogen and oxygen atoms in total. The summed E-state index contributed by atoms with van der Waals surface area (Å²) in [7, 11) is 0. The molecular formula is C24H33N3O3S. The minimum Gasteiger partial charge on any atom is -0.490 e. The van der Waals surface area contributed by atoms with E-state index in [4.69, 9.17) is 14.9 Å². The summed E-state index contributed by atoms with van der Waals surface area (Å²) < 4.78 is 11.9. The maximum atomic E-state index is 9.67. The van der Waals surface area contributed by atoms with Gasteiger partial charge in [0.1, 0.15) is 18.5 Å². The van der Waals surface area contributed by atoms with Gasteiger partial charge in [-0.2, -0.15) is 0 Å². The van der Waals surface area contributed by atoms with Gasteiger partial charge in [-0.3, -0.25) is 0 Å². The number of hydrogen-bond donors (Lipinski definition) is 2. The van der Waals surface area contributed by atoms with E-state index in [9.17, 15) is 5.11 Å². The molecule has 0 fully saturated rings. The van der Waals surface area contributed by atoms with Crippen LogP contribution in [0.2, 0.25) is 0 Å². The van der Waals surface area contributed by atoms with E-state index < -0.39 is 6.10 Å². The van der Waals surface area contributed by atoms with Crippen molar-refractivity contribution in [3.05, 3.63) is 39.8 Å². The zero-order chi connectivity index (χ0) is 22.7. The average Bonchev–Trinajstić information content (AvgIpc) is 3.33. The first-order valence-corrected chi connectivity index (χ1v) is 11.7. The van der Waals surface area contributed by atoms with Crippen LogP contribution in [0, 0.1) is 19.8 Å². The highest BCUT2D eigenvalue weighted by Crippen LogP contribution is 2.39. The van der Waals surface area contributed by atoms with Gasteiger partial charge in [-0.25, -0.2) is 0 Å². The van der Waals surface area contributed by atoms with Crippen molar-refractivity contribution < 1.29 is 14.3 Å². The second-order valence-corrected chi connectivity index (χ2v) is 9.69. The topological polar surface area (TPSA) is 94.4 Å². The normalized spacial score (nSPS) is 12.7. The molecule has 3 aromatic rings. The minimum absolute atomic E-state index is 0.164. The fraction of sp³-hybridized carbons (Fsp3) is 0.500. The SMILES string of the molecule is Cc1cc(-c2nnc(-c3scc(CC(C)C)c3C(C)C)o2)cc(C)c1OCC(O)CN. The number of aliphatic hydroxyl groups excluding tert-OH is 1. The van der Waals surface area contributed by atoms with Gasteiger partial charge in [-0.05, 0) is 71.9 Å². The minimum atomic E-state index is -0.682. The van der Waals surface area contributed by atoms with E-state index in [2.05, 4.69) is 43.3 Å². The van der Waals surface area contributed by atoms with Crippen molar-refractivity contribution >= 4 is 11.3 Å². The van der Waals surface area contributed by atoms with Crippen LogP contribution in [-0.2, 0) is 6.42 Å². The fourth-order valence-corrected chi connectivity index (χ4v) is 4.94. The summed E-state index contributed by atoms with van der Waals surface area (Å²) in [6.07, 6.45) is 0.363. The molecule has 0 radical (unpaired) electrons. The lowest BCUT2D eigenvalue weighted by Crippen LogP contribution is -2.26. The van der Waals surface area contributed by atoms with E-state index in [1.165, 1.54) is 11.1 Å². The summed E-state index contributed by atoms with van der Waals surface area (Å²) in [5, 5.41) is 20.6. The standard InChI is InChI=1S/C24H33N3O3S/c1-13(2)7-18-12-31-22(20(18)14(3)4)24-27-26-23(30-24)17-8-15(5)21(16(6)9-17)29-11-19(28)10-25/h8-9,12-14,19,28H,7,10-11,25H2,1-6H3. The Balaban J connectivity index is 1.90. The van der Waals surface area contributed by atoms with E-state index in [1.54, 1.807) is 11.3 Å². The monoisotopic (exact) mass is 443 g/mol. The quantitative estimate of drug-likeness (QED) is 0.478. The Bertz CT molecular complexity index is 1000. The predicted molar refractivity (Wildman–Crippen MR) is 126 cm³/mol. The highest BCUT2D eigenvalue weighted by Gasteiger charge is 2.22. The van der Waals surface area contributed by atoms with Crippen LogP contribution in [0.25, 0.3) is 22.2 Å². The Labute approximate surface area is 188 Å². The van der Waals surface area contributed by atoms with Crippen molar-refractivity contribution in [3.63, 3.8) is 0 Å². The summed E-state index contributed by atoms with van der Waals surface area (Å²) in [6.45, 7) is 13.2. The first kappa shape index (κ1) is 23.4. The fourth-order valence-electron chi connectivity index (χ4n) is 3.78. The maximum absolute atomic E-state index is 9.67. The van der Waals surface area contributed by atoms with Gasteiger partial charge in [0.05, 0.1) is 4.88 Å². The Morgan fingerprint density at radius 1 is 1.10 bits per heavy atom. The van der Waals surface area contributed by atoms with Gasteiger partial charge in [0.15, 0.2) is 0 Å². The summed E-state index contributed by atoms with van der Waals surface area (Å²) >= 11 is 1.68. The number of thiophene rings is 1. The molecule has 1 aromatic carbocycles. The molecule has 1 unspecified atom stereocenters. The molecule has 0 spiro atoms. The third kappa shape index (κ3) is 5.34. The number of aryl methyl sites for hydroxylation is 2. The van der Waals surface area contributed by atoms with Gasteiger partial charge in [0.25, 0.3) is 5.89 Å². The molecule has 31 heavy (non-hydrogen) atoms. The molecule has 2 heterocycles. The van der Waals surface area contributed by atoms with Crippen LogP contribution in [0.5, 0.6) is 5.75 Å². The van der Waals surface area contributed by atoms with Gasteiger partial charge in [0, 0.05) is 12.1 Å². The number of nitrogens with zero attached hydrogens (tertiary/aromatic N) is 2. The molecule has 3 N–H and O–H groups in total. The molecule has 168 valence electrons. The molecule has 0 aliphatic rings. The Kier molecular flexibility index (Phi) is 7.51. The number of rotatable bonds is 9. The van der Waals surface area contributed by atoms with Crippen LogP contribution in [0.4, 0.5) is 0 Å². The zero-order valence-electron chi connectivity index (χ0n) is 19.2. The first-order valence-electron chi connectivity index (χ1n) is 10.8. The van der Waals surface area contributed by atoms with Crippen LogP contribution in [-0.4, -0.2) is 34.6 Å². The number of aromatic nitrogens is 2. The van der Waals surface area contributed by atoms with Crippen molar-refractivity contribution in [1.82, 2.24) is 10.2 Å². The first-order chi connectivity index (χ1) is 14.7. The molecular weight excluding hydrogens is 410 g/mol. The lowest BCUT2D eigenvalue weighted by atomic mass is 9.94. The summed E-state index contributed by atoms with van der Waals surface area (Å²) in [6, 6.07) is 3.94. The van der Waals surface area contributed by atoms with Crippen LogP contribution < -0.4 is 10.5 Å². The smallest absolute Gasteiger partial charge is 0.258 e. The van der Waals surface area contributed by atoms with Crippen molar-refractivity contribution in [1.29, 1.82) is 0 Å². The number of aliphatic hydroxyl groups is 1. The second kappa shape index (κ2) is 9.94. The highest BCUT2D eigenvalue weighted by molar-refractivity contribution is 7.13. The predicted octanol–water partition coefficient (Wildman–Crippen LogP) is 5.10. The molecule has 0 saturated carbocycles. The average molecular weight is 444 g/mol. The molecule has 0 amide bonds. The third-order valence-electron chi connectivity index (χ3n) is 5.13. The van der Waals surface area contributed by atoms with Crippen LogP contribution in [0.3, 0.4) is 0 Å². The molecule has 3 rings (SSSR count). The van der Waals surface area contributed by atoms with E-state index in [1.807, 2.05) is 26.0 Å². The van der Waals surface area contributed by atoms with Gasteiger partial charge in [0.2, 0.25) is 5.89 Å². The Morgan fingerprint density at radius 2 is 1.74 bits per heavy atom. The summed E-state index contributed by atoms with van der Waals surface area (Å²) in [4.78, 5) is 1.06. The zero-order valence-corrected chi connectivity index (χ0v) is 20.0. The van der Waals surface area contributed by atoms with Gasteiger partial charge in [-0.1, -0.05) is 27.7 Å². The van der Waals surface area contributed by atoms with Gasteiger partial charge < -0.3 is 20.0 Å². The molecule has 2 aromatic heterocycles. The number of nitrogens with two attached hydrogens (primary N) is 1. The van der Waals surface area contributed by atoms with Gasteiger partial charge >= 0.3 is 0 Å². The van der Waals surface area contributed by atoms with Crippen LogP contribution >= 0.6 is 11.3 Å². The summed E-state index contributed by atoms with van der Waals surface area (Å²) in [5.41, 5.74) is 10.9. The van der Waals surface area contributed by atoms with Crippen molar-refractivity contribution in [2.75, 3.05) is 13.2 Å². The van der Waals surface area contributed by atoms with E-state index >= 15 is 0 Å². The third-order valence-corrected chi connectivity index (χ3v) is 6.17. The molecule has 7 heteroatoms. The number of benzene rings is 1. The van der Waals surface area contributed by atoms with Crippen LogP contribution in [0.1, 0.15) is 55.9 Å². The van der Waals surface area contributed by atoms with Gasteiger partial charge in [-0.15, -0.1) is 21.5 Å². The van der Waals surface area contributed by atoms with E-state index in [0.717, 1.165) is 33.7 Å². The second-order valence-electron chi connectivity index (χ2n) is 8.81. The van der Waals surface area contributed by atoms with Crippen LogP contribution in [0.15, 0.2) is 21.9 Å². The molecule has 1 atom stereocenters. The highest BCUT2D eigenvalue weighted by atomic mass is 32.1. The molecule has 0 aliphatic carbocycles. The molecule has 0 aliphatic heterocycles. The number of ether oxygens (including phenoxy) is 1. The van der Waals surface area contributed by atoms with Crippen molar-refractivity contribution in [3.8, 4) is 28.0 Å². The Morgan fingerprint density at radius 3 is 2.32 bits per heavy atom. The lowest BCUT2D eigenvalue weighted by molar-refractivity contribution is 0.113. The lowest BCUT2D eigenvalue weighted by Gasteiger charge is -2.15. The van der Waals surface area contributed by atoms with Crippen molar-refractivity contribution in [2.24, 2.45) is 11.7 Å². The maximum Gasteiger partial charge on any atom is 0.258 e. The van der Waals surface area contributed by atoms with Crippen molar-refractivity contribution in [2.45, 2.75) is 60.0 Å². The summed E-state index contributed by atoms with van der Waals surface area (Å²) in [5.74, 6) is 2.78. The molecule has 0 saturated heterocycles. The largest absolute Gasteiger partial charge is 0.490 e. The van der Waals surface area contributed by atoms with E-state index in [-0.39, 0.29) is 13.2 Å². The molecule has 0 bridgehead atoms. The van der Waals surface area contributed by atoms with E-state index in [0.29, 0.717) is 23.6 Å².